The Morgan fingerprint density at radius 3 is 2.71 bits per heavy atom. The van der Waals surface area contributed by atoms with Crippen LogP contribution in [0.4, 0.5) is 0 Å². The molecule has 0 bridgehead atoms. The van der Waals surface area contributed by atoms with Crippen LogP contribution in [-0.2, 0) is 0 Å². The van der Waals surface area contributed by atoms with Crippen molar-refractivity contribution in [2.24, 2.45) is 0 Å². The van der Waals surface area contributed by atoms with Gasteiger partial charge in [0, 0.05) is 0 Å². The Hall–Kier alpha value is -0.870. The highest BCUT2D eigenvalue weighted by molar-refractivity contribution is 9.11. The van der Waals surface area contributed by atoms with E-state index in [0.29, 0.717) is 11.3 Å². The van der Waals surface area contributed by atoms with Gasteiger partial charge in [0.1, 0.15) is 5.76 Å². The van der Waals surface area contributed by atoms with Gasteiger partial charge in [-0.3, -0.25) is 4.79 Å². The number of hydrogen-bond donors (Lipinski definition) is 0. The van der Waals surface area contributed by atoms with Crippen LogP contribution in [0.2, 0.25) is 0 Å². The number of furan rings is 1. The fourth-order valence-corrected chi connectivity index (χ4v) is 2.39. The second kappa shape index (κ2) is 3.71. The first-order valence-corrected chi connectivity index (χ1v) is 5.70. The Kier molecular flexibility index (Phi) is 2.56. The SMILES string of the molecule is Cc1ccc(C(=O)c2ccsc2Br)o1. The second-order valence-electron chi connectivity index (χ2n) is 2.85. The molecule has 0 saturated heterocycles. The Balaban J connectivity index is 2.38. The molecular weight excluding hydrogens is 264 g/mol. The van der Waals surface area contributed by atoms with Crippen LogP contribution in [0.1, 0.15) is 21.9 Å². The third-order valence-electron chi connectivity index (χ3n) is 1.83. The monoisotopic (exact) mass is 270 g/mol. The van der Waals surface area contributed by atoms with E-state index >= 15 is 0 Å². The molecule has 0 aliphatic rings. The van der Waals surface area contributed by atoms with E-state index < -0.39 is 0 Å². The zero-order valence-corrected chi connectivity index (χ0v) is 9.81. The molecule has 2 heterocycles. The van der Waals surface area contributed by atoms with E-state index in [1.54, 1.807) is 18.2 Å². The van der Waals surface area contributed by atoms with Crippen LogP contribution < -0.4 is 0 Å². The van der Waals surface area contributed by atoms with E-state index in [-0.39, 0.29) is 5.78 Å². The topological polar surface area (TPSA) is 30.2 Å². The minimum Gasteiger partial charge on any atom is -0.458 e. The molecule has 0 spiro atoms. The maximum atomic E-state index is 11.8. The van der Waals surface area contributed by atoms with Gasteiger partial charge in [0.05, 0.1) is 9.35 Å². The molecule has 0 N–H and O–H groups in total. The van der Waals surface area contributed by atoms with E-state index in [1.807, 2.05) is 12.3 Å². The molecule has 0 aliphatic heterocycles. The lowest BCUT2D eigenvalue weighted by Crippen LogP contribution is -1.97. The number of hydrogen-bond acceptors (Lipinski definition) is 3. The van der Waals surface area contributed by atoms with Crippen LogP contribution in [0.5, 0.6) is 0 Å². The Morgan fingerprint density at radius 2 is 2.21 bits per heavy atom. The van der Waals surface area contributed by atoms with Gasteiger partial charge < -0.3 is 4.42 Å². The van der Waals surface area contributed by atoms with E-state index in [1.165, 1.54) is 11.3 Å². The van der Waals surface area contributed by atoms with Gasteiger partial charge in [-0.15, -0.1) is 11.3 Å². The predicted molar refractivity (Wildman–Crippen MR) is 58.9 cm³/mol. The van der Waals surface area contributed by atoms with Crippen molar-refractivity contribution in [1.82, 2.24) is 0 Å². The molecule has 2 rings (SSSR count). The lowest BCUT2D eigenvalue weighted by Gasteiger charge is -1.93. The number of carbonyl (C=O) groups excluding carboxylic acids is 1. The number of rotatable bonds is 2. The molecule has 4 heteroatoms. The van der Waals surface area contributed by atoms with Crippen molar-refractivity contribution in [2.75, 3.05) is 0 Å². The molecule has 0 aromatic carbocycles. The summed E-state index contributed by atoms with van der Waals surface area (Å²) in [5, 5.41) is 1.87. The van der Waals surface area contributed by atoms with E-state index in [2.05, 4.69) is 15.9 Å². The standard InChI is InChI=1S/C10H7BrO2S/c1-6-2-3-8(13-6)9(12)7-4-5-14-10(7)11/h2-5H,1H3. The van der Waals surface area contributed by atoms with E-state index in [0.717, 1.165) is 9.55 Å². The Bertz CT molecular complexity index is 470. The zero-order chi connectivity index (χ0) is 10.1. The van der Waals surface area contributed by atoms with Crippen LogP contribution in [-0.4, -0.2) is 5.78 Å². The van der Waals surface area contributed by atoms with Gasteiger partial charge in [-0.05, 0) is 46.4 Å². The number of halogens is 1. The molecule has 2 aromatic heterocycles. The molecule has 2 aromatic rings. The lowest BCUT2D eigenvalue weighted by atomic mass is 10.2. The third-order valence-corrected chi connectivity index (χ3v) is 3.51. The number of ketones is 1. The lowest BCUT2D eigenvalue weighted by molar-refractivity contribution is 0.101. The first-order valence-electron chi connectivity index (χ1n) is 4.02. The minimum atomic E-state index is -0.0776. The summed E-state index contributed by atoms with van der Waals surface area (Å²) in [7, 11) is 0. The predicted octanol–water partition coefficient (Wildman–Crippen LogP) is 3.64. The van der Waals surface area contributed by atoms with Crippen LogP contribution in [0, 0.1) is 6.92 Å². The normalized spacial score (nSPS) is 10.4. The van der Waals surface area contributed by atoms with Gasteiger partial charge in [-0.2, -0.15) is 0 Å². The largest absolute Gasteiger partial charge is 0.458 e. The first kappa shape index (κ1) is 9.68. The van der Waals surface area contributed by atoms with Gasteiger partial charge >= 0.3 is 0 Å². The van der Waals surface area contributed by atoms with Crippen molar-refractivity contribution < 1.29 is 9.21 Å². The number of aryl methyl sites for hydroxylation is 1. The summed E-state index contributed by atoms with van der Waals surface area (Å²) in [6.07, 6.45) is 0. The van der Waals surface area contributed by atoms with Gasteiger partial charge in [-0.25, -0.2) is 0 Å². The molecule has 14 heavy (non-hydrogen) atoms. The minimum absolute atomic E-state index is 0.0776. The molecular formula is C10H7BrO2S. The fourth-order valence-electron chi connectivity index (χ4n) is 1.15. The highest BCUT2D eigenvalue weighted by atomic mass is 79.9. The van der Waals surface area contributed by atoms with Gasteiger partial charge in [0.25, 0.3) is 0 Å². The molecule has 2 nitrogen and oxygen atoms in total. The van der Waals surface area contributed by atoms with Crippen LogP contribution in [0.25, 0.3) is 0 Å². The van der Waals surface area contributed by atoms with Gasteiger partial charge in [0.2, 0.25) is 5.78 Å². The second-order valence-corrected chi connectivity index (χ2v) is 5.08. The van der Waals surface area contributed by atoms with Crippen molar-refractivity contribution in [1.29, 1.82) is 0 Å². The van der Waals surface area contributed by atoms with E-state index in [4.69, 9.17) is 4.42 Å². The summed E-state index contributed by atoms with van der Waals surface area (Å²) in [4.78, 5) is 11.8. The van der Waals surface area contributed by atoms with Crippen molar-refractivity contribution in [3.05, 3.63) is 44.4 Å². The van der Waals surface area contributed by atoms with Crippen molar-refractivity contribution >= 4 is 33.0 Å². The maximum absolute atomic E-state index is 11.8. The summed E-state index contributed by atoms with van der Waals surface area (Å²) in [6.45, 7) is 1.82. The molecule has 0 fully saturated rings. The van der Waals surface area contributed by atoms with Crippen molar-refractivity contribution in [2.45, 2.75) is 6.92 Å². The summed E-state index contributed by atoms with van der Waals surface area (Å²) in [5.74, 6) is 1.06. The zero-order valence-electron chi connectivity index (χ0n) is 7.41. The van der Waals surface area contributed by atoms with Crippen molar-refractivity contribution in [3.63, 3.8) is 0 Å². The Morgan fingerprint density at radius 1 is 1.43 bits per heavy atom. The molecule has 72 valence electrons. The van der Waals surface area contributed by atoms with Crippen LogP contribution in [0.3, 0.4) is 0 Å². The quantitative estimate of drug-likeness (QED) is 0.780. The average molecular weight is 271 g/mol. The van der Waals surface area contributed by atoms with Crippen molar-refractivity contribution in [3.8, 4) is 0 Å². The smallest absolute Gasteiger partial charge is 0.230 e. The molecule has 0 saturated carbocycles. The first-order chi connectivity index (χ1) is 6.68. The fraction of sp³-hybridized carbons (Fsp3) is 0.100. The molecule has 0 unspecified atom stereocenters. The van der Waals surface area contributed by atoms with Crippen LogP contribution >= 0.6 is 27.3 Å². The van der Waals surface area contributed by atoms with E-state index in [9.17, 15) is 4.79 Å². The molecule has 0 amide bonds. The maximum Gasteiger partial charge on any atom is 0.230 e. The van der Waals surface area contributed by atoms with Crippen LogP contribution in [0.15, 0.2) is 31.8 Å². The molecule has 0 radical (unpaired) electrons. The summed E-state index contributed by atoms with van der Waals surface area (Å²) < 4.78 is 6.10. The molecule has 0 atom stereocenters. The number of carbonyl (C=O) groups is 1. The summed E-state index contributed by atoms with van der Waals surface area (Å²) in [5.41, 5.74) is 0.657. The summed E-state index contributed by atoms with van der Waals surface area (Å²) in [6, 6.07) is 5.27. The molecule has 0 aliphatic carbocycles. The average Bonchev–Trinajstić information content (AvgIpc) is 2.73. The highest BCUT2D eigenvalue weighted by Gasteiger charge is 2.16. The van der Waals surface area contributed by atoms with Gasteiger partial charge in [-0.1, -0.05) is 0 Å². The number of thiophene rings is 1. The summed E-state index contributed by atoms with van der Waals surface area (Å²) >= 11 is 4.82. The Labute approximate surface area is 93.7 Å². The van der Waals surface area contributed by atoms with Gasteiger partial charge in [0.15, 0.2) is 5.76 Å². The highest BCUT2D eigenvalue weighted by Crippen LogP contribution is 2.26. The third kappa shape index (κ3) is 1.67.